The fourth-order valence-electron chi connectivity index (χ4n) is 1.58. The molecule has 3 N–H and O–H groups in total. The molecule has 1 atom stereocenters. The fraction of sp³-hybridized carbons (Fsp3) is 0.364. The molecule has 1 aromatic rings. The third-order valence-corrected chi connectivity index (χ3v) is 2.31. The van der Waals surface area contributed by atoms with Crippen LogP contribution in [0.4, 0.5) is 0 Å². The number of hydrogen-bond acceptors (Lipinski definition) is 3. The lowest BCUT2D eigenvalue weighted by molar-refractivity contribution is -0.139. The lowest BCUT2D eigenvalue weighted by Gasteiger charge is -2.17. The lowest BCUT2D eigenvalue weighted by atomic mass is 9.88. The van der Waals surface area contributed by atoms with Crippen LogP contribution in [0.25, 0.3) is 0 Å². The topological polar surface area (TPSA) is 77.8 Å². The first-order valence-corrected chi connectivity index (χ1v) is 4.68. The second-order valence-corrected chi connectivity index (χ2v) is 3.77. The van der Waals surface area contributed by atoms with Gasteiger partial charge in [0.25, 0.3) is 0 Å². The van der Waals surface area contributed by atoms with Gasteiger partial charge in [-0.3, -0.25) is 4.79 Å². The number of carbonyl (C=O) groups is 1. The predicted octanol–water partition coefficient (Wildman–Crippen LogP) is 1.92. The SMILES string of the molecule is CC(C)C(C(=O)O)c1cccc(O)c1O. The molecule has 0 aliphatic rings. The van der Waals surface area contributed by atoms with Crippen molar-refractivity contribution >= 4 is 5.97 Å². The number of carboxylic acid groups (broad SMARTS) is 1. The molecule has 0 fully saturated rings. The molecule has 15 heavy (non-hydrogen) atoms. The van der Waals surface area contributed by atoms with E-state index in [4.69, 9.17) is 5.11 Å². The summed E-state index contributed by atoms with van der Waals surface area (Å²) in [5.41, 5.74) is 0.248. The molecule has 0 aliphatic heterocycles. The molecule has 4 nitrogen and oxygen atoms in total. The summed E-state index contributed by atoms with van der Waals surface area (Å²) in [6.45, 7) is 3.50. The minimum atomic E-state index is -1.01. The van der Waals surface area contributed by atoms with E-state index in [2.05, 4.69) is 0 Å². The maximum atomic E-state index is 11.0. The van der Waals surface area contributed by atoms with Crippen molar-refractivity contribution in [2.24, 2.45) is 5.92 Å². The van der Waals surface area contributed by atoms with E-state index in [0.29, 0.717) is 0 Å². The Bertz CT molecular complexity index is 371. The summed E-state index contributed by atoms with van der Waals surface area (Å²) in [7, 11) is 0. The number of aliphatic carboxylic acids is 1. The highest BCUT2D eigenvalue weighted by molar-refractivity contribution is 5.78. The summed E-state index contributed by atoms with van der Waals surface area (Å²) < 4.78 is 0. The zero-order valence-corrected chi connectivity index (χ0v) is 8.64. The Hall–Kier alpha value is -1.71. The Morgan fingerprint density at radius 2 is 1.87 bits per heavy atom. The molecular weight excluding hydrogens is 196 g/mol. The first kappa shape index (κ1) is 11.4. The number of carboxylic acids is 1. The van der Waals surface area contributed by atoms with Crippen LogP contribution >= 0.6 is 0 Å². The van der Waals surface area contributed by atoms with Gasteiger partial charge in [0, 0.05) is 5.56 Å². The van der Waals surface area contributed by atoms with Crippen LogP contribution in [0.2, 0.25) is 0 Å². The van der Waals surface area contributed by atoms with Crippen molar-refractivity contribution in [1.82, 2.24) is 0 Å². The molecule has 0 aliphatic carbocycles. The van der Waals surface area contributed by atoms with Gasteiger partial charge in [0.15, 0.2) is 11.5 Å². The summed E-state index contributed by atoms with van der Waals surface area (Å²) in [5, 5.41) is 27.8. The highest BCUT2D eigenvalue weighted by atomic mass is 16.4. The Kier molecular flexibility index (Phi) is 3.19. The Morgan fingerprint density at radius 1 is 1.27 bits per heavy atom. The van der Waals surface area contributed by atoms with E-state index in [-0.39, 0.29) is 23.0 Å². The van der Waals surface area contributed by atoms with Gasteiger partial charge in [-0.25, -0.2) is 0 Å². The van der Waals surface area contributed by atoms with E-state index in [1.165, 1.54) is 18.2 Å². The standard InChI is InChI=1S/C11H14O4/c1-6(2)9(11(14)15)7-4-3-5-8(12)10(7)13/h3-6,9,12-13H,1-2H3,(H,14,15). The van der Waals surface area contributed by atoms with Crippen molar-refractivity contribution in [3.63, 3.8) is 0 Å². The predicted molar refractivity (Wildman–Crippen MR) is 55.0 cm³/mol. The molecule has 0 aromatic heterocycles. The highest BCUT2D eigenvalue weighted by Crippen LogP contribution is 2.36. The number of para-hydroxylation sites is 1. The highest BCUT2D eigenvalue weighted by Gasteiger charge is 2.27. The minimum Gasteiger partial charge on any atom is -0.504 e. The maximum Gasteiger partial charge on any atom is 0.311 e. The Balaban J connectivity index is 3.23. The maximum absolute atomic E-state index is 11.0. The zero-order chi connectivity index (χ0) is 11.6. The molecule has 0 spiro atoms. The van der Waals surface area contributed by atoms with Gasteiger partial charge in [-0.1, -0.05) is 26.0 Å². The summed E-state index contributed by atoms with van der Waals surface area (Å²) in [4.78, 5) is 11.0. The van der Waals surface area contributed by atoms with Gasteiger partial charge in [-0.15, -0.1) is 0 Å². The molecule has 1 rings (SSSR count). The second-order valence-electron chi connectivity index (χ2n) is 3.77. The number of benzene rings is 1. The van der Waals surface area contributed by atoms with Gasteiger partial charge in [-0.2, -0.15) is 0 Å². The normalized spacial score (nSPS) is 12.7. The molecular formula is C11H14O4. The minimum absolute atomic E-state index is 0.157. The van der Waals surface area contributed by atoms with Crippen molar-refractivity contribution in [2.45, 2.75) is 19.8 Å². The van der Waals surface area contributed by atoms with E-state index < -0.39 is 11.9 Å². The van der Waals surface area contributed by atoms with Crippen molar-refractivity contribution in [1.29, 1.82) is 0 Å². The third kappa shape index (κ3) is 2.21. The van der Waals surface area contributed by atoms with Gasteiger partial charge in [0.1, 0.15) is 0 Å². The van der Waals surface area contributed by atoms with Gasteiger partial charge in [0.2, 0.25) is 0 Å². The average molecular weight is 210 g/mol. The van der Waals surface area contributed by atoms with Crippen LogP contribution in [-0.4, -0.2) is 21.3 Å². The molecule has 0 amide bonds. The van der Waals surface area contributed by atoms with Gasteiger partial charge in [-0.05, 0) is 12.0 Å². The van der Waals surface area contributed by atoms with E-state index >= 15 is 0 Å². The van der Waals surface area contributed by atoms with E-state index in [1.54, 1.807) is 13.8 Å². The Morgan fingerprint density at radius 3 is 2.33 bits per heavy atom. The Labute approximate surface area is 87.8 Å². The van der Waals surface area contributed by atoms with Crippen LogP contribution in [0.15, 0.2) is 18.2 Å². The van der Waals surface area contributed by atoms with Crippen LogP contribution in [-0.2, 0) is 4.79 Å². The van der Waals surface area contributed by atoms with Crippen LogP contribution in [0.1, 0.15) is 25.3 Å². The number of hydrogen-bond donors (Lipinski definition) is 3. The largest absolute Gasteiger partial charge is 0.504 e. The summed E-state index contributed by atoms with van der Waals surface area (Å²) in [6.07, 6.45) is 0. The van der Waals surface area contributed by atoms with E-state index in [1.807, 2.05) is 0 Å². The number of phenolic OH excluding ortho intramolecular Hbond substituents is 2. The number of phenols is 2. The van der Waals surface area contributed by atoms with E-state index in [0.717, 1.165) is 0 Å². The molecule has 1 aromatic carbocycles. The number of aromatic hydroxyl groups is 2. The van der Waals surface area contributed by atoms with Crippen molar-refractivity contribution in [3.8, 4) is 11.5 Å². The quantitative estimate of drug-likeness (QED) is 0.666. The molecule has 82 valence electrons. The first-order valence-electron chi connectivity index (χ1n) is 4.68. The lowest BCUT2D eigenvalue weighted by Crippen LogP contribution is -2.17. The number of rotatable bonds is 3. The average Bonchev–Trinajstić information content (AvgIpc) is 2.11. The second kappa shape index (κ2) is 4.21. The summed E-state index contributed by atoms with van der Waals surface area (Å²) in [5.74, 6) is -2.61. The third-order valence-electron chi connectivity index (χ3n) is 2.31. The molecule has 4 heteroatoms. The molecule has 0 bridgehead atoms. The van der Waals surface area contributed by atoms with Gasteiger partial charge < -0.3 is 15.3 Å². The molecule has 0 radical (unpaired) electrons. The van der Waals surface area contributed by atoms with Crippen molar-refractivity contribution in [3.05, 3.63) is 23.8 Å². The van der Waals surface area contributed by atoms with Gasteiger partial charge >= 0.3 is 5.97 Å². The first-order chi connectivity index (χ1) is 6.95. The smallest absolute Gasteiger partial charge is 0.311 e. The van der Waals surface area contributed by atoms with E-state index in [9.17, 15) is 15.0 Å². The van der Waals surface area contributed by atoms with Crippen LogP contribution < -0.4 is 0 Å². The molecule has 0 heterocycles. The molecule has 0 saturated heterocycles. The van der Waals surface area contributed by atoms with Gasteiger partial charge in [0.05, 0.1) is 5.92 Å². The van der Waals surface area contributed by atoms with Crippen molar-refractivity contribution in [2.75, 3.05) is 0 Å². The van der Waals surface area contributed by atoms with Crippen LogP contribution in [0.5, 0.6) is 11.5 Å². The summed E-state index contributed by atoms with van der Waals surface area (Å²) in [6, 6.07) is 4.34. The van der Waals surface area contributed by atoms with Crippen molar-refractivity contribution < 1.29 is 20.1 Å². The van der Waals surface area contributed by atoms with Crippen LogP contribution in [0.3, 0.4) is 0 Å². The molecule has 0 saturated carbocycles. The zero-order valence-electron chi connectivity index (χ0n) is 8.64. The molecule has 1 unspecified atom stereocenters. The monoisotopic (exact) mass is 210 g/mol. The fourth-order valence-corrected chi connectivity index (χ4v) is 1.58. The summed E-state index contributed by atoms with van der Waals surface area (Å²) >= 11 is 0. The van der Waals surface area contributed by atoms with Crippen LogP contribution in [0, 0.1) is 5.92 Å².